The van der Waals surface area contributed by atoms with Gasteiger partial charge in [-0.3, -0.25) is 4.57 Å². The van der Waals surface area contributed by atoms with Crippen LogP contribution in [-0.2, 0) is 0 Å². The summed E-state index contributed by atoms with van der Waals surface area (Å²) in [5, 5.41) is 9.50. The highest BCUT2D eigenvalue weighted by Gasteiger charge is 2.15. The first-order chi connectivity index (χ1) is 10.8. The first-order valence-corrected chi connectivity index (χ1v) is 7.92. The summed E-state index contributed by atoms with van der Waals surface area (Å²) < 4.78 is 2.05. The predicted octanol–water partition coefficient (Wildman–Crippen LogP) is 3.97. The van der Waals surface area contributed by atoms with Crippen molar-refractivity contribution in [2.24, 2.45) is 0 Å². The van der Waals surface area contributed by atoms with Crippen molar-refractivity contribution in [2.45, 2.75) is 12.1 Å². The lowest BCUT2D eigenvalue weighted by Crippen LogP contribution is -1.99. The van der Waals surface area contributed by atoms with Crippen LogP contribution in [0.4, 0.5) is 0 Å². The number of para-hydroxylation sites is 1. The minimum Gasteiger partial charge on any atom is -0.270 e. The summed E-state index contributed by atoms with van der Waals surface area (Å²) in [6.45, 7) is 2.07. The van der Waals surface area contributed by atoms with Gasteiger partial charge < -0.3 is 0 Å². The normalized spacial score (nSPS) is 10.4. The van der Waals surface area contributed by atoms with Gasteiger partial charge in [-0.2, -0.15) is 0 Å². The predicted molar refractivity (Wildman–Crippen MR) is 91.1 cm³/mol. The molecule has 2 aromatic carbocycles. The number of aryl methyl sites for hydroxylation is 1. The lowest BCUT2D eigenvalue weighted by molar-refractivity contribution is 0.888. The highest BCUT2D eigenvalue weighted by atomic mass is 32.2. The van der Waals surface area contributed by atoms with Crippen molar-refractivity contribution in [3.63, 3.8) is 0 Å². The van der Waals surface area contributed by atoms with Crippen molar-refractivity contribution in [1.82, 2.24) is 14.8 Å². The molecular weight excluding hydrogens is 290 g/mol. The van der Waals surface area contributed by atoms with Gasteiger partial charge in [0.25, 0.3) is 0 Å². The molecule has 22 heavy (non-hydrogen) atoms. The Balaban J connectivity index is 2.15. The Kier molecular flexibility index (Phi) is 4.27. The molecule has 1 aromatic heterocycles. The zero-order chi connectivity index (χ0) is 15.4. The molecule has 3 rings (SSSR count). The molecule has 0 amide bonds. The van der Waals surface area contributed by atoms with Crippen molar-refractivity contribution < 1.29 is 0 Å². The molecule has 108 valence electrons. The van der Waals surface area contributed by atoms with E-state index >= 15 is 0 Å². The second-order valence-electron chi connectivity index (χ2n) is 4.84. The molecule has 0 aliphatic carbocycles. The molecule has 0 aliphatic rings. The maximum Gasteiger partial charge on any atom is 0.197 e. The van der Waals surface area contributed by atoms with Crippen LogP contribution in [-0.4, -0.2) is 20.5 Å². The quantitative estimate of drug-likeness (QED) is 0.540. The van der Waals surface area contributed by atoms with E-state index in [1.165, 1.54) is 17.3 Å². The fourth-order valence-electron chi connectivity index (χ4n) is 2.25. The number of rotatable bonds is 4. The molecule has 0 saturated carbocycles. The van der Waals surface area contributed by atoms with Crippen LogP contribution in [0.25, 0.3) is 17.1 Å². The van der Waals surface area contributed by atoms with Crippen molar-refractivity contribution in [1.29, 1.82) is 0 Å². The van der Waals surface area contributed by atoms with Gasteiger partial charge in [-0.1, -0.05) is 59.6 Å². The minimum absolute atomic E-state index is 0.568. The maximum absolute atomic E-state index is 5.37. The second-order valence-corrected chi connectivity index (χ2v) is 5.78. The van der Waals surface area contributed by atoms with Gasteiger partial charge in [0.15, 0.2) is 11.0 Å². The molecule has 3 nitrogen and oxygen atoms in total. The fourth-order valence-corrected chi connectivity index (χ4v) is 2.88. The van der Waals surface area contributed by atoms with Crippen molar-refractivity contribution in [2.75, 3.05) is 5.75 Å². The molecule has 0 spiro atoms. The third-order valence-electron chi connectivity index (χ3n) is 3.21. The zero-order valence-corrected chi connectivity index (χ0v) is 13.0. The highest BCUT2D eigenvalue weighted by Crippen LogP contribution is 2.28. The first-order valence-electron chi connectivity index (χ1n) is 6.94. The summed E-state index contributed by atoms with van der Waals surface area (Å²) in [5.74, 6) is 4.03. The number of nitrogens with zero attached hydrogens (tertiary/aromatic N) is 3. The number of benzene rings is 2. The van der Waals surface area contributed by atoms with Crippen LogP contribution in [0.2, 0.25) is 0 Å². The Morgan fingerprint density at radius 2 is 1.91 bits per heavy atom. The van der Waals surface area contributed by atoms with E-state index in [2.05, 4.69) is 39.7 Å². The molecular formula is C18H15N3S. The van der Waals surface area contributed by atoms with Crippen molar-refractivity contribution in [3.8, 4) is 29.4 Å². The smallest absolute Gasteiger partial charge is 0.197 e. The number of hydrogen-bond acceptors (Lipinski definition) is 3. The molecule has 1 heterocycles. The average Bonchev–Trinajstić information content (AvgIpc) is 2.97. The van der Waals surface area contributed by atoms with Gasteiger partial charge in [0, 0.05) is 11.3 Å². The van der Waals surface area contributed by atoms with E-state index < -0.39 is 0 Å². The Labute approximate surface area is 134 Å². The molecule has 0 unspecified atom stereocenters. The summed E-state index contributed by atoms with van der Waals surface area (Å²) in [4.78, 5) is 0. The van der Waals surface area contributed by atoms with Crippen LogP contribution in [0.3, 0.4) is 0 Å². The topological polar surface area (TPSA) is 30.7 Å². The van der Waals surface area contributed by atoms with E-state index in [1.807, 2.05) is 42.5 Å². The molecule has 0 N–H and O–H groups in total. The van der Waals surface area contributed by atoms with Gasteiger partial charge in [-0.05, 0) is 25.1 Å². The highest BCUT2D eigenvalue weighted by molar-refractivity contribution is 7.99. The summed E-state index contributed by atoms with van der Waals surface area (Å²) in [5.41, 5.74) is 3.27. The summed E-state index contributed by atoms with van der Waals surface area (Å²) in [6, 6.07) is 18.4. The fraction of sp³-hybridized carbons (Fsp3) is 0.111. The molecule has 0 aliphatic heterocycles. The number of hydrogen-bond donors (Lipinski definition) is 0. The van der Waals surface area contributed by atoms with Crippen LogP contribution < -0.4 is 0 Å². The maximum atomic E-state index is 5.37. The Morgan fingerprint density at radius 3 is 2.64 bits per heavy atom. The first kappa shape index (κ1) is 14.4. The van der Waals surface area contributed by atoms with Gasteiger partial charge in [-0.15, -0.1) is 16.6 Å². The Morgan fingerprint density at radius 1 is 1.09 bits per heavy atom. The van der Waals surface area contributed by atoms with Gasteiger partial charge >= 0.3 is 0 Å². The zero-order valence-electron chi connectivity index (χ0n) is 12.2. The molecule has 3 aromatic rings. The van der Waals surface area contributed by atoms with Crippen LogP contribution in [0.15, 0.2) is 59.8 Å². The number of thioether (sulfide) groups is 1. The van der Waals surface area contributed by atoms with Crippen molar-refractivity contribution in [3.05, 3.63) is 60.2 Å². The van der Waals surface area contributed by atoms with Gasteiger partial charge in [0.2, 0.25) is 0 Å². The van der Waals surface area contributed by atoms with Crippen LogP contribution in [0, 0.1) is 19.3 Å². The average molecular weight is 305 g/mol. The van der Waals surface area contributed by atoms with Crippen LogP contribution in [0.1, 0.15) is 5.56 Å². The van der Waals surface area contributed by atoms with Crippen LogP contribution >= 0.6 is 11.8 Å². The van der Waals surface area contributed by atoms with E-state index in [-0.39, 0.29) is 0 Å². The molecule has 0 bridgehead atoms. The number of aromatic nitrogens is 3. The van der Waals surface area contributed by atoms with Crippen LogP contribution in [0.5, 0.6) is 0 Å². The monoisotopic (exact) mass is 305 g/mol. The lowest BCUT2D eigenvalue weighted by atomic mass is 10.1. The largest absolute Gasteiger partial charge is 0.270 e. The van der Waals surface area contributed by atoms with E-state index in [4.69, 9.17) is 6.42 Å². The third-order valence-corrected chi connectivity index (χ3v) is 4.04. The van der Waals surface area contributed by atoms with E-state index in [0.29, 0.717) is 5.75 Å². The Bertz CT molecular complexity index is 816. The van der Waals surface area contributed by atoms with Crippen molar-refractivity contribution >= 4 is 11.8 Å². The summed E-state index contributed by atoms with van der Waals surface area (Å²) >= 11 is 1.51. The third kappa shape index (κ3) is 2.90. The lowest BCUT2D eigenvalue weighted by Gasteiger charge is -2.10. The van der Waals surface area contributed by atoms with Gasteiger partial charge in [0.05, 0.1) is 5.75 Å². The standard InChI is InChI=1S/C18H15N3S/c1-3-12-22-18-20-19-17(15-9-7-8-14(2)13-15)21(18)16-10-5-4-6-11-16/h1,4-11,13H,12H2,2H3. The minimum atomic E-state index is 0.568. The molecule has 0 fully saturated rings. The van der Waals surface area contributed by atoms with Gasteiger partial charge in [-0.25, -0.2) is 0 Å². The molecule has 0 atom stereocenters. The summed E-state index contributed by atoms with van der Waals surface area (Å²) in [6.07, 6.45) is 5.37. The van der Waals surface area contributed by atoms with E-state index in [0.717, 1.165) is 22.2 Å². The molecule has 4 heteroatoms. The van der Waals surface area contributed by atoms with E-state index in [1.54, 1.807) is 0 Å². The second kappa shape index (κ2) is 6.50. The Hall–Kier alpha value is -2.51. The summed E-state index contributed by atoms with van der Waals surface area (Å²) in [7, 11) is 0. The van der Waals surface area contributed by atoms with E-state index in [9.17, 15) is 0 Å². The SMILES string of the molecule is C#CCSc1nnc(-c2cccc(C)c2)n1-c1ccccc1. The van der Waals surface area contributed by atoms with Gasteiger partial charge in [0.1, 0.15) is 0 Å². The molecule has 0 saturated heterocycles. The molecule has 0 radical (unpaired) electrons. The number of terminal acetylenes is 1.